The van der Waals surface area contributed by atoms with Crippen molar-refractivity contribution in [3.8, 4) is 0 Å². The quantitative estimate of drug-likeness (QED) is 0.779. The molecule has 106 valence electrons. The Bertz CT molecular complexity index is 219. The number of nitrogens with zero attached hydrogens (tertiary/aromatic N) is 1. The third-order valence-electron chi connectivity index (χ3n) is 5.43. The van der Waals surface area contributed by atoms with Crippen LogP contribution in [-0.4, -0.2) is 37.1 Å². The summed E-state index contributed by atoms with van der Waals surface area (Å²) in [5.41, 5.74) is 0.777. The van der Waals surface area contributed by atoms with E-state index in [4.69, 9.17) is 0 Å². The van der Waals surface area contributed by atoms with E-state index in [-0.39, 0.29) is 0 Å². The van der Waals surface area contributed by atoms with E-state index in [1.54, 1.807) is 0 Å². The van der Waals surface area contributed by atoms with Crippen molar-refractivity contribution in [2.75, 3.05) is 26.2 Å². The predicted molar refractivity (Wildman–Crippen MR) is 78.9 cm³/mol. The molecule has 1 saturated carbocycles. The molecule has 1 aliphatic carbocycles. The fourth-order valence-electron chi connectivity index (χ4n) is 3.88. The summed E-state index contributed by atoms with van der Waals surface area (Å²) in [6, 6.07) is 0.732. The van der Waals surface area contributed by atoms with Gasteiger partial charge in [-0.25, -0.2) is 0 Å². The van der Waals surface area contributed by atoms with Crippen LogP contribution in [0, 0.1) is 5.41 Å². The van der Waals surface area contributed by atoms with Gasteiger partial charge in [-0.15, -0.1) is 0 Å². The standard InChI is InChI=1S/C16H32N2/c1-3-15(4-2)17-11-14-18-12-9-16(10-13-18)7-5-6-8-16/h15,17H,3-14H2,1-2H3. The van der Waals surface area contributed by atoms with Gasteiger partial charge >= 0.3 is 0 Å². The zero-order valence-electron chi connectivity index (χ0n) is 12.5. The van der Waals surface area contributed by atoms with Crippen molar-refractivity contribution in [3.05, 3.63) is 0 Å². The number of nitrogens with one attached hydrogen (secondary N) is 1. The van der Waals surface area contributed by atoms with Crippen LogP contribution in [-0.2, 0) is 0 Å². The molecule has 1 N–H and O–H groups in total. The minimum absolute atomic E-state index is 0.732. The molecule has 2 fully saturated rings. The molecule has 18 heavy (non-hydrogen) atoms. The highest BCUT2D eigenvalue weighted by Crippen LogP contribution is 2.45. The van der Waals surface area contributed by atoms with Gasteiger partial charge in [0.15, 0.2) is 0 Å². The fourth-order valence-corrected chi connectivity index (χ4v) is 3.88. The summed E-state index contributed by atoms with van der Waals surface area (Å²) in [5.74, 6) is 0. The molecule has 2 heteroatoms. The molecule has 0 unspecified atom stereocenters. The molecule has 0 amide bonds. The lowest BCUT2D eigenvalue weighted by atomic mass is 9.77. The van der Waals surface area contributed by atoms with Crippen LogP contribution in [0.3, 0.4) is 0 Å². The van der Waals surface area contributed by atoms with Crippen LogP contribution in [0.4, 0.5) is 0 Å². The maximum absolute atomic E-state index is 3.69. The lowest BCUT2D eigenvalue weighted by Crippen LogP contribution is -2.43. The zero-order chi connectivity index (χ0) is 12.8. The topological polar surface area (TPSA) is 15.3 Å². The lowest BCUT2D eigenvalue weighted by molar-refractivity contribution is 0.108. The van der Waals surface area contributed by atoms with Crippen LogP contribution < -0.4 is 5.32 Å². The van der Waals surface area contributed by atoms with Gasteiger partial charge in [-0.05, 0) is 57.0 Å². The summed E-state index contributed by atoms with van der Waals surface area (Å²) in [7, 11) is 0. The van der Waals surface area contributed by atoms with E-state index in [1.807, 2.05) is 0 Å². The van der Waals surface area contributed by atoms with E-state index in [0.717, 1.165) is 11.5 Å². The summed E-state index contributed by atoms with van der Waals surface area (Å²) in [5, 5.41) is 3.69. The molecule has 2 aliphatic rings. The van der Waals surface area contributed by atoms with E-state index in [0.29, 0.717) is 0 Å². The fraction of sp³-hybridized carbons (Fsp3) is 1.00. The Kier molecular flexibility index (Phi) is 5.50. The van der Waals surface area contributed by atoms with Crippen LogP contribution in [0.5, 0.6) is 0 Å². The molecule has 1 heterocycles. The van der Waals surface area contributed by atoms with E-state index in [1.165, 1.54) is 77.5 Å². The van der Waals surface area contributed by atoms with Crippen LogP contribution in [0.25, 0.3) is 0 Å². The molecule has 0 aromatic carbocycles. The summed E-state index contributed by atoms with van der Waals surface area (Å²) in [4.78, 5) is 2.68. The minimum Gasteiger partial charge on any atom is -0.313 e. The van der Waals surface area contributed by atoms with Crippen LogP contribution in [0.1, 0.15) is 65.2 Å². The van der Waals surface area contributed by atoms with E-state index in [2.05, 4.69) is 24.1 Å². The molecule has 0 aromatic heterocycles. The molecule has 2 rings (SSSR count). The van der Waals surface area contributed by atoms with Crippen molar-refractivity contribution < 1.29 is 0 Å². The Morgan fingerprint density at radius 1 is 1.00 bits per heavy atom. The van der Waals surface area contributed by atoms with E-state index in [9.17, 15) is 0 Å². The predicted octanol–water partition coefficient (Wildman–Crippen LogP) is 3.42. The Morgan fingerprint density at radius 3 is 2.17 bits per heavy atom. The number of rotatable bonds is 6. The first kappa shape index (κ1) is 14.3. The largest absolute Gasteiger partial charge is 0.313 e. The minimum atomic E-state index is 0.732. The summed E-state index contributed by atoms with van der Waals surface area (Å²) in [6.07, 6.45) is 11.5. The Hall–Kier alpha value is -0.0800. The zero-order valence-corrected chi connectivity index (χ0v) is 12.5. The Balaban J connectivity index is 1.61. The monoisotopic (exact) mass is 252 g/mol. The molecule has 2 nitrogen and oxygen atoms in total. The van der Waals surface area contributed by atoms with Gasteiger partial charge in [-0.3, -0.25) is 0 Å². The van der Waals surface area contributed by atoms with E-state index < -0.39 is 0 Å². The van der Waals surface area contributed by atoms with E-state index >= 15 is 0 Å². The van der Waals surface area contributed by atoms with Crippen molar-refractivity contribution in [2.45, 2.75) is 71.3 Å². The van der Waals surface area contributed by atoms with Gasteiger partial charge in [-0.2, -0.15) is 0 Å². The maximum Gasteiger partial charge on any atom is 0.0107 e. The Labute approximate surface area is 114 Å². The normalized spacial score (nSPS) is 24.2. The molecule has 0 radical (unpaired) electrons. The molecule has 1 aliphatic heterocycles. The number of likely N-dealkylation sites (tertiary alicyclic amines) is 1. The maximum atomic E-state index is 3.69. The van der Waals surface area contributed by atoms with Crippen molar-refractivity contribution in [1.82, 2.24) is 10.2 Å². The summed E-state index contributed by atoms with van der Waals surface area (Å²) in [6.45, 7) is 9.71. The van der Waals surface area contributed by atoms with Crippen molar-refractivity contribution in [3.63, 3.8) is 0 Å². The first-order valence-corrected chi connectivity index (χ1v) is 8.24. The highest BCUT2D eigenvalue weighted by Gasteiger charge is 2.36. The molecule has 0 bridgehead atoms. The highest BCUT2D eigenvalue weighted by atomic mass is 15.1. The average Bonchev–Trinajstić information content (AvgIpc) is 2.86. The number of piperidine rings is 1. The van der Waals surface area contributed by atoms with Gasteiger partial charge < -0.3 is 10.2 Å². The smallest absolute Gasteiger partial charge is 0.0107 e. The van der Waals surface area contributed by atoms with Crippen molar-refractivity contribution >= 4 is 0 Å². The van der Waals surface area contributed by atoms with Crippen LogP contribution in [0.15, 0.2) is 0 Å². The van der Waals surface area contributed by atoms with Gasteiger partial charge in [0.2, 0.25) is 0 Å². The second-order valence-corrected chi connectivity index (χ2v) is 6.52. The first-order chi connectivity index (χ1) is 8.78. The summed E-state index contributed by atoms with van der Waals surface area (Å²) < 4.78 is 0. The summed E-state index contributed by atoms with van der Waals surface area (Å²) >= 11 is 0. The van der Waals surface area contributed by atoms with Crippen molar-refractivity contribution in [2.24, 2.45) is 5.41 Å². The Morgan fingerprint density at radius 2 is 1.61 bits per heavy atom. The number of hydrogen-bond acceptors (Lipinski definition) is 2. The second-order valence-electron chi connectivity index (χ2n) is 6.52. The third-order valence-corrected chi connectivity index (χ3v) is 5.43. The second kappa shape index (κ2) is 6.91. The third kappa shape index (κ3) is 3.71. The molecule has 0 aromatic rings. The van der Waals surface area contributed by atoms with Gasteiger partial charge in [0.25, 0.3) is 0 Å². The number of hydrogen-bond donors (Lipinski definition) is 1. The van der Waals surface area contributed by atoms with Gasteiger partial charge in [0, 0.05) is 19.1 Å². The van der Waals surface area contributed by atoms with Gasteiger partial charge in [0.1, 0.15) is 0 Å². The molecule has 1 saturated heterocycles. The first-order valence-electron chi connectivity index (χ1n) is 8.24. The SMILES string of the molecule is CCC(CC)NCCN1CCC2(CCCC2)CC1. The molecule has 0 atom stereocenters. The van der Waals surface area contributed by atoms with Crippen LogP contribution in [0.2, 0.25) is 0 Å². The highest BCUT2D eigenvalue weighted by molar-refractivity contribution is 4.89. The average molecular weight is 252 g/mol. The lowest BCUT2D eigenvalue weighted by Gasteiger charge is -2.39. The molecular formula is C16H32N2. The molecular weight excluding hydrogens is 220 g/mol. The van der Waals surface area contributed by atoms with Crippen LogP contribution >= 0.6 is 0 Å². The van der Waals surface area contributed by atoms with Gasteiger partial charge in [0.05, 0.1) is 0 Å². The van der Waals surface area contributed by atoms with Crippen molar-refractivity contribution in [1.29, 1.82) is 0 Å². The molecule has 1 spiro atoms. The van der Waals surface area contributed by atoms with Gasteiger partial charge in [-0.1, -0.05) is 26.7 Å².